The standard InChI is InChI=1S/C17H23F2N3O4/c1-5-22(10-15(24)21-16(2,3)4)9-14(23)20-11-6-7-12-13(8-11)26-17(18,19)25-12/h6-8H,5,9-10H2,1-4H3,(H,20,23)(H,21,24). The van der Waals surface area contributed by atoms with Gasteiger partial charge in [0.05, 0.1) is 13.1 Å². The molecule has 9 heteroatoms. The summed E-state index contributed by atoms with van der Waals surface area (Å²) in [6, 6.07) is 3.99. The Morgan fingerprint density at radius 1 is 1.12 bits per heavy atom. The van der Waals surface area contributed by atoms with Gasteiger partial charge in [0.25, 0.3) is 0 Å². The van der Waals surface area contributed by atoms with Crippen molar-refractivity contribution in [1.82, 2.24) is 10.2 Å². The Morgan fingerprint density at radius 2 is 1.73 bits per heavy atom. The van der Waals surface area contributed by atoms with Crippen LogP contribution in [-0.2, 0) is 9.59 Å². The van der Waals surface area contributed by atoms with Crippen LogP contribution in [0.1, 0.15) is 27.7 Å². The van der Waals surface area contributed by atoms with Gasteiger partial charge in [-0.15, -0.1) is 8.78 Å². The molecule has 0 spiro atoms. The molecule has 2 rings (SSSR count). The third-order valence-electron chi connectivity index (χ3n) is 3.38. The number of amides is 2. The molecule has 2 amide bonds. The molecule has 0 fully saturated rings. The summed E-state index contributed by atoms with van der Waals surface area (Å²) < 4.78 is 34.7. The minimum absolute atomic E-state index is 0.0152. The Bertz CT molecular complexity index is 689. The maximum atomic E-state index is 13.0. The van der Waals surface area contributed by atoms with E-state index in [0.717, 1.165) is 0 Å². The van der Waals surface area contributed by atoms with E-state index in [1.54, 1.807) is 4.90 Å². The lowest BCUT2D eigenvalue weighted by Crippen LogP contribution is -2.47. The van der Waals surface area contributed by atoms with E-state index in [1.807, 2.05) is 27.7 Å². The van der Waals surface area contributed by atoms with Gasteiger partial charge in [0.15, 0.2) is 11.5 Å². The van der Waals surface area contributed by atoms with Crippen LogP contribution in [0.2, 0.25) is 0 Å². The fraction of sp³-hybridized carbons (Fsp3) is 0.529. The second kappa shape index (κ2) is 7.45. The molecule has 0 aromatic heterocycles. The topological polar surface area (TPSA) is 79.9 Å². The van der Waals surface area contributed by atoms with Crippen molar-refractivity contribution in [3.63, 3.8) is 0 Å². The summed E-state index contributed by atoms with van der Waals surface area (Å²) in [6.07, 6.45) is -3.70. The predicted octanol–water partition coefficient (Wildman–Crippen LogP) is 2.18. The van der Waals surface area contributed by atoms with Crippen LogP contribution in [0.3, 0.4) is 0 Å². The summed E-state index contributed by atoms with van der Waals surface area (Å²) in [5, 5.41) is 5.42. The zero-order valence-electron chi connectivity index (χ0n) is 15.2. The highest BCUT2D eigenvalue weighted by Gasteiger charge is 2.43. The molecule has 0 saturated carbocycles. The number of benzene rings is 1. The molecule has 144 valence electrons. The largest absolute Gasteiger partial charge is 0.586 e. The first-order valence-corrected chi connectivity index (χ1v) is 8.20. The SMILES string of the molecule is CCN(CC(=O)Nc1ccc2c(c1)OC(F)(F)O2)CC(=O)NC(C)(C)C. The van der Waals surface area contributed by atoms with Crippen LogP contribution in [0.4, 0.5) is 14.5 Å². The predicted molar refractivity (Wildman–Crippen MR) is 91.3 cm³/mol. The lowest BCUT2D eigenvalue weighted by atomic mass is 10.1. The third-order valence-corrected chi connectivity index (χ3v) is 3.38. The molecule has 0 unspecified atom stereocenters. The molecule has 1 aromatic rings. The summed E-state index contributed by atoms with van der Waals surface area (Å²) in [5.74, 6) is -0.801. The van der Waals surface area contributed by atoms with E-state index in [0.29, 0.717) is 12.2 Å². The van der Waals surface area contributed by atoms with Gasteiger partial charge in [-0.3, -0.25) is 14.5 Å². The van der Waals surface area contributed by atoms with E-state index in [4.69, 9.17) is 0 Å². The van der Waals surface area contributed by atoms with E-state index in [9.17, 15) is 18.4 Å². The van der Waals surface area contributed by atoms with Crippen molar-refractivity contribution in [1.29, 1.82) is 0 Å². The van der Waals surface area contributed by atoms with E-state index in [1.165, 1.54) is 18.2 Å². The van der Waals surface area contributed by atoms with E-state index >= 15 is 0 Å². The number of nitrogens with zero attached hydrogens (tertiary/aromatic N) is 1. The smallest absolute Gasteiger partial charge is 0.395 e. The van der Waals surface area contributed by atoms with Gasteiger partial charge in [0.1, 0.15) is 0 Å². The van der Waals surface area contributed by atoms with Crippen LogP contribution in [-0.4, -0.2) is 48.2 Å². The zero-order chi connectivity index (χ0) is 19.5. The summed E-state index contributed by atoms with van der Waals surface area (Å²) in [4.78, 5) is 25.8. The molecular weight excluding hydrogens is 348 g/mol. The average molecular weight is 371 g/mol. The fourth-order valence-corrected chi connectivity index (χ4v) is 2.37. The number of rotatable bonds is 6. The van der Waals surface area contributed by atoms with Crippen molar-refractivity contribution in [2.24, 2.45) is 0 Å². The van der Waals surface area contributed by atoms with Crippen LogP contribution in [0.5, 0.6) is 11.5 Å². The van der Waals surface area contributed by atoms with E-state index in [-0.39, 0.29) is 41.9 Å². The third kappa shape index (κ3) is 5.83. The average Bonchev–Trinajstić information content (AvgIpc) is 2.77. The van der Waals surface area contributed by atoms with Crippen molar-refractivity contribution in [2.75, 3.05) is 25.0 Å². The maximum Gasteiger partial charge on any atom is 0.586 e. The number of ether oxygens (including phenoxy) is 2. The first-order chi connectivity index (χ1) is 12.0. The van der Waals surface area contributed by atoms with E-state index in [2.05, 4.69) is 20.1 Å². The maximum absolute atomic E-state index is 13.0. The van der Waals surface area contributed by atoms with Gasteiger partial charge in [0, 0.05) is 17.3 Å². The number of fused-ring (bicyclic) bond motifs is 1. The van der Waals surface area contributed by atoms with Gasteiger partial charge >= 0.3 is 6.29 Å². The number of carbonyl (C=O) groups excluding carboxylic acids is 2. The van der Waals surface area contributed by atoms with Crippen molar-refractivity contribution >= 4 is 17.5 Å². The highest BCUT2D eigenvalue weighted by atomic mass is 19.3. The molecule has 26 heavy (non-hydrogen) atoms. The Kier molecular flexibility index (Phi) is 5.70. The molecule has 1 heterocycles. The van der Waals surface area contributed by atoms with Gasteiger partial charge in [-0.25, -0.2) is 0 Å². The minimum atomic E-state index is -3.70. The lowest BCUT2D eigenvalue weighted by molar-refractivity contribution is -0.286. The van der Waals surface area contributed by atoms with Crippen LogP contribution < -0.4 is 20.1 Å². The Labute approximate surface area is 150 Å². The number of carbonyl (C=O) groups is 2. The molecule has 0 atom stereocenters. The van der Waals surface area contributed by atoms with Crippen molar-refractivity contribution in [2.45, 2.75) is 39.5 Å². The van der Waals surface area contributed by atoms with Crippen LogP contribution in [0, 0.1) is 0 Å². The molecule has 0 saturated heterocycles. The van der Waals surface area contributed by atoms with Crippen molar-refractivity contribution in [3.8, 4) is 11.5 Å². The normalized spacial score (nSPS) is 15.0. The monoisotopic (exact) mass is 371 g/mol. The highest BCUT2D eigenvalue weighted by Crippen LogP contribution is 2.42. The molecule has 1 aromatic carbocycles. The van der Waals surface area contributed by atoms with E-state index < -0.39 is 6.29 Å². The molecule has 0 aliphatic carbocycles. The summed E-state index contributed by atoms with van der Waals surface area (Å²) >= 11 is 0. The zero-order valence-corrected chi connectivity index (χ0v) is 15.2. The highest BCUT2D eigenvalue weighted by molar-refractivity contribution is 5.93. The lowest BCUT2D eigenvalue weighted by Gasteiger charge is -2.24. The second-order valence-corrected chi connectivity index (χ2v) is 6.98. The molecular formula is C17H23F2N3O4. The number of anilines is 1. The number of hydrogen-bond acceptors (Lipinski definition) is 5. The molecule has 1 aliphatic heterocycles. The molecule has 2 N–H and O–H groups in total. The summed E-state index contributed by atoms with van der Waals surface area (Å²) in [5.41, 5.74) is -0.0573. The quantitative estimate of drug-likeness (QED) is 0.801. The first kappa shape index (κ1) is 19.9. The fourth-order valence-electron chi connectivity index (χ4n) is 2.37. The van der Waals surface area contributed by atoms with Crippen molar-refractivity contribution < 1.29 is 27.8 Å². The summed E-state index contributed by atoms with van der Waals surface area (Å²) in [7, 11) is 0. The Balaban J connectivity index is 1.90. The molecule has 7 nitrogen and oxygen atoms in total. The summed E-state index contributed by atoms with van der Waals surface area (Å²) in [6.45, 7) is 8.01. The van der Waals surface area contributed by atoms with Crippen LogP contribution in [0.25, 0.3) is 0 Å². The Hall–Kier alpha value is -2.42. The Morgan fingerprint density at radius 3 is 2.35 bits per heavy atom. The van der Waals surface area contributed by atoms with Gasteiger partial charge in [-0.2, -0.15) is 0 Å². The number of halogens is 2. The second-order valence-electron chi connectivity index (χ2n) is 6.98. The number of likely N-dealkylation sites (N-methyl/N-ethyl adjacent to an activating group) is 1. The molecule has 0 radical (unpaired) electrons. The van der Waals surface area contributed by atoms with Gasteiger partial charge in [-0.1, -0.05) is 6.92 Å². The molecule has 1 aliphatic rings. The number of alkyl halides is 2. The van der Waals surface area contributed by atoms with Gasteiger partial charge in [-0.05, 0) is 39.4 Å². The van der Waals surface area contributed by atoms with Gasteiger partial charge in [0.2, 0.25) is 11.8 Å². The van der Waals surface area contributed by atoms with Crippen LogP contribution >= 0.6 is 0 Å². The minimum Gasteiger partial charge on any atom is -0.395 e. The number of hydrogen-bond donors (Lipinski definition) is 2. The van der Waals surface area contributed by atoms with Crippen molar-refractivity contribution in [3.05, 3.63) is 18.2 Å². The number of nitrogens with one attached hydrogen (secondary N) is 2. The first-order valence-electron chi connectivity index (χ1n) is 8.20. The molecule has 0 bridgehead atoms. The van der Waals surface area contributed by atoms with Crippen LogP contribution in [0.15, 0.2) is 18.2 Å². The van der Waals surface area contributed by atoms with Gasteiger partial charge < -0.3 is 20.1 Å².